The molecular weight excluding hydrogens is 376 g/mol. The van der Waals surface area contributed by atoms with Crippen molar-refractivity contribution in [2.75, 3.05) is 21.3 Å². The normalized spacial score (nSPS) is 10.9. The number of methoxy groups -OCH3 is 3. The van der Waals surface area contributed by atoms with E-state index in [9.17, 15) is 9.59 Å². The van der Waals surface area contributed by atoms with E-state index in [0.717, 1.165) is 0 Å². The summed E-state index contributed by atoms with van der Waals surface area (Å²) in [5.74, 6) is 0.868. The average Bonchev–Trinajstić information content (AvgIpc) is 2.75. The summed E-state index contributed by atoms with van der Waals surface area (Å²) in [4.78, 5) is 28.8. The maximum Gasteiger partial charge on any atom is 0.261 e. The molecule has 1 heterocycles. The van der Waals surface area contributed by atoms with Gasteiger partial charge in [-0.15, -0.1) is 0 Å². The smallest absolute Gasteiger partial charge is 0.261 e. The number of fused-ring (bicyclic) bond motifs is 1. The van der Waals surface area contributed by atoms with E-state index in [4.69, 9.17) is 14.2 Å². The minimum absolute atomic E-state index is 0.211. The first-order chi connectivity index (χ1) is 14.1. The molecule has 0 spiro atoms. The molecule has 0 radical (unpaired) electrons. The van der Waals surface area contributed by atoms with Crippen LogP contribution in [0, 0.1) is 0 Å². The van der Waals surface area contributed by atoms with Gasteiger partial charge < -0.3 is 14.2 Å². The number of nitrogens with zero attached hydrogens (tertiary/aromatic N) is 3. The number of para-hydroxylation sites is 1. The van der Waals surface area contributed by atoms with Crippen molar-refractivity contribution in [2.24, 2.45) is 5.10 Å². The molecule has 0 bridgehead atoms. The zero-order valence-electron chi connectivity index (χ0n) is 16.2. The van der Waals surface area contributed by atoms with Crippen LogP contribution in [-0.2, 0) is 11.3 Å². The Morgan fingerprint density at radius 3 is 2.59 bits per heavy atom. The Kier molecular flexibility index (Phi) is 6.08. The second kappa shape index (κ2) is 8.87. The van der Waals surface area contributed by atoms with Crippen LogP contribution in [0.4, 0.5) is 0 Å². The molecule has 0 atom stereocenters. The number of hydrogen-bond donors (Lipinski definition) is 1. The van der Waals surface area contributed by atoms with Crippen LogP contribution in [0.2, 0.25) is 0 Å². The van der Waals surface area contributed by atoms with E-state index >= 15 is 0 Å². The van der Waals surface area contributed by atoms with Gasteiger partial charge in [-0.2, -0.15) is 5.10 Å². The fraction of sp³-hybridized carbons (Fsp3) is 0.200. The van der Waals surface area contributed by atoms with Gasteiger partial charge in [-0.1, -0.05) is 12.1 Å². The highest BCUT2D eigenvalue weighted by atomic mass is 16.5. The van der Waals surface area contributed by atoms with Gasteiger partial charge in [0.1, 0.15) is 6.54 Å². The van der Waals surface area contributed by atoms with E-state index in [0.29, 0.717) is 33.7 Å². The van der Waals surface area contributed by atoms with Crippen LogP contribution in [0.5, 0.6) is 17.2 Å². The van der Waals surface area contributed by atoms with Gasteiger partial charge >= 0.3 is 0 Å². The van der Waals surface area contributed by atoms with Crippen LogP contribution < -0.4 is 25.2 Å². The van der Waals surface area contributed by atoms with Gasteiger partial charge in [-0.25, -0.2) is 10.4 Å². The number of benzene rings is 2. The lowest BCUT2D eigenvalue weighted by Crippen LogP contribution is -2.30. The van der Waals surface area contributed by atoms with Gasteiger partial charge in [0.25, 0.3) is 11.5 Å². The Balaban J connectivity index is 1.74. The van der Waals surface area contributed by atoms with Gasteiger partial charge in [0, 0.05) is 5.56 Å². The fourth-order valence-electron chi connectivity index (χ4n) is 2.81. The van der Waals surface area contributed by atoms with E-state index in [2.05, 4.69) is 15.5 Å². The highest BCUT2D eigenvalue weighted by Crippen LogP contribution is 2.38. The molecule has 2 aromatic carbocycles. The molecule has 29 heavy (non-hydrogen) atoms. The first-order valence-electron chi connectivity index (χ1n) is 8.64. The summed E-state index contributed by atoms with van der Waals surface area (Å²) < 4.78 is 17.1. The molecule has 1 N–H and O–H groups in total. The Labute approximate surface area is 166 Å². The van der Waals surface area contributed by atoms with Gasteiger partial charge in [0.05, 0.1) is 44.8 Å². The molecule has 0 aliphatic carbocycles. The molecule has 3 aromatic rings. The number of ether oxygens (including phenoxy) is 3. The van der Waals surface area contributed by atoms with Gasteiger partial charge in [-0.3, -0.25) is 14.2 Å². The Morgan fingerprint density at radius 1 is 1.10 bits per heavy atom. The minimum Gasteiger partial charge on any atom is -0.493 e. The molecule has 0 fully saturated rings. The largest absolute Gasteiger partial charge is 0.493 e. The van der Waals surface area contributed by atoms with Crippen molar-refractivity contribution in [1.29, 1.82) is 0 Å². The first kappa shape index (κ1) is 19.9. The van der Waals surface area contributed by atoms with Crippen LogP contribution in [0.25, 0.3) is 10.9 Å². The van der Waals surface area contributed by atoms with Crippen LogP contribution >= 0.6 is 0 Å². The number of amides is 1. The molecule has 9 nitrogen and oxygen atoms in total. The predicted molar refractivity (Wildman–Crippen MR) is 108 cm³/mol. The third kappa shape index (κ3) is 4.18. The van der Waals surface area contributed by atoms with E-state index in [1.54, 1.807) is 36.4 Å². The average molecular weight is 396 g/mol. The highest BCUT2D eigenvalue weighted by molar-refractivity contribution is 5.87. The summed E-state index contributed by atoms with van der Waals surface area (Å²) in [6.45, 7) is -0.211. The number of hydrogen-bond acceptors (Lipinski definition) is 7. The summed E-state index contributed by atoms with van der Waals surface area (Å²) in [6, 6.07) is 10.4. The standard InChI is InChI=1S/C20H20N4O5/c1-27-16-9-8-13(18(28-2)19(16)29-3)10-22-23-17(25)11-24-12-21-15-7-5-4-6-14(15)20(24)26/h4-10,12H,11H2,1-3H3,(H,23,25)/b22-10+. The maximum atomic E-state index is 12.4. The lowest BCUT2D eigenvalue weighted by atomic mass is 10.2. The lowest BCUT2D eigenvalue weighted by Gasteiger charge is -2.13. The fourth-order valence-corrected chi connectivity index (χ4v) is 2.81. The molecule has 1 amide bonds. The molecule has 1 aromatic heterocycles. The zero-order chi connectivity index (χ0) is 20.8. The second-order valence-corrected chi connectivity index (χ2v) is 5.91. The zero-order valence-corrected chi connectivity index (χ0v) is 16.2. The topological polar surface area (TPSA) is 104 Å². The summed E-state index contributed by atoms with van der Waals surface area (Å²) in [6.07, 6.45) is 2.76. The van der Waals surface area contributed by atoms with Gasteiger partial charge in [0.15, 0.2) is 11.5 Å². The van der Waals surface area contributed by atoms with Gasteiger partial charge in [-0.05, 0) is 24.3 Å². The monoisotopic (exact) mass is 396 g/mol. The van der Waals surface area contributed by atoms with Crippen molar-refractivity contribution in [3.63, 3.8) is 0 Å². The van der Waals surface area contributed by atoms with Crippen molar-refractivity contribution in [3.8, 4) is 17.2 Å². The molecular formula is C20H20N4O5. The summed E-state index contributed by atoms with van der Waals surface area (Å²) in [7, 11) is 4.51. The summed E-state index contributed by atoms with van der Waals surface area (Å²) >= 11 is 0. The Hall–Kier alpha value is -3.88. The molecule has 0 saturated carbocycles. The minimum atomic E-state index is -0.472. The van der Waals surface area contributed by atoms with Crippen molar-refractivity contribution in [2.45, 2.75) is 6.54 Å². The quantitative estimate of drug-likeness (QED) is 0.480. The Bertz CT molecular complexity index is 1120. The van der Waals surface area contributed by atoms with E-state index < -0.39 is 5.91 Å². The van der Waals surface area contributed by atoms with E-state index in [-0.39, 0.29) is 12.1 Å². The first-order valence-corrected chi connectivity index (χ1v) is 8.64. The third-order valence-electron chi connectivity index (χ3n) is 4.17. The Morgan fingerprint density at radius 2 is 1.86 bits per heavy atom. The van der Waals surface area contributed by atoms with Crippen molar-refractivity contribution >= 4 is 23.0 Å². The van der Waals surface area contributed by atoms with Crippen molar-refractivity contribution in [1.82, 2.24) is 15.0 Å². The van der Waals surface area contributed by atoms with E-state index in [1.165, 1.54) is 38.4 Å². The second-order valence-electron chi connectivity index (χ2n) is 5.91. The predicted octanol–water partition coefficient (Wildman–Crippen LogP) is 1.57. The van der Waals surface area contributed by atoms with Crippen molar-refractivity contribution in [3.05, 3.63) is 58.6 Å². The highest BCUT2D eigenvalue weighted by Gasteiger charge is 2.14. The van der Waals surface area contributed by atoms with Crippen molar-refractivity contribution < 1.29 is 19.0 Å². The number of hydrazone groups is 1. The van der Waals surface area contributed by atoms with E-state index in [1.807, 2.05) is 0 Å². The molecule has 0 aliphatic rings. The number of nitrogens with one attached hydrogen (secondary N) is 1. The summed E-state index contributed by atoms with van der Waals surface area (Å²) in [5, 5.41) is 4.38. The lowest BCUT2D eigenvalue weighted by molar-refractivity contribution is -0.121. The number of aromatic nitrogens is 2. The number of carbonyl (C=O) groups is 1. The molecule has 0 unspecified atom stereocenters. The third-order valence-corrected chi connectivity index (χ3v) is 4.17. The van der Waals surface area contributed by atoms with Crippen LogP contribution in [0.15, 0.2) is 52.6 Å². The molecule has 9 heteroatoms. The molecule has 0 saturated heterocycles. The SMILES string of the molecule is COc1ccc(/C=N/NC(=O)Cn2cnc3ccccc3c2=O)c(OC)c1OC. The van der Waals surface area contributed by atoms with Crippen LogP contribution in [-0.4, -0.2) is 43.0 Å². The number of carbonyl (C=O) groups excluding carboxylic acids is 1. The van der Waals surface area contributed by atoms with Gasteiger partial charge in [0.2, 0.25) is 5.75 Å². The molecule has 3 rings (SSSR count). The molecule has 0 aliphatic heterocycles. The van der Waals surface area contributed by atoms with Crippen LogP contribution in [0.1, 0.15) is 5.56 Å². The maximum absolute atomic E-state index is 12.4. The molecule has 150 valence electrons. The van der Waals surface area contributed by atoms with Crippen LogP contribution in [0.3, 0.4) is 0 Å². The number of rotatable bonds is 7. The summed E-state index contributed by atoms with van der Waals surface area (Å²) in [5.41, 5.74) is 3.25.